The first-order valence-corrected chi connectivity index (χ1v) is 3.37. The highest BCUT2D eigenvalue weighted by atomic mass is 16.4. The molecule has 0 amide bonds. The highest BCUT2D eigenvalue weighted by Gasteiger charge is 2.13. The van der Waals surface area contributed by atoms with Gasteiger partial charge in [0.25, 0.3) is 0 Å². The Labute approximate surface area is 69.7 Å². The van der Waals surface area contributed by atoms with Crippen molar-refractivity contribution >= 4 is 5.97 Å². The SMILES string of the molecule is Cc1c(C(=O)O)cc(C#N)n1C. The maximum absolute atomic E-state index is 10.6. The van der Waals surface area contributed by atoms with E-state index in [1.807, 2.05) is 6.07 Å². The van der Waals surface area contributed by atoms with Crippen molar-refractivity contribution in [1.82, 2.24) is 4.57 Å². The molecular formula is C8H8N2O2. The largest absolute Gasteiger partial charge is 0.478 e. The Kier molecular flexibility index (Phi) is 1.88. The Bertz CT molecular complexity index is 371. The maximum atomic E-state index is 10.6. The third-order valence-electron chi connectivity index (χ3n) is 1.88. The molecule has 1 aromatic heterocycles. The van der Waals surface area contributed by atoms with Gasteiger partial charge in [-0.2, -0.15) is 5.26 Å². The second kappa shape index (κ2) is 2.70. The van der Waals surface area contributed by atoms with E-state index in [2.05, 4.69) is 0 Å². The van der Waals surface area contributed by atoms with Gasteiger partial charge in [0.05, 0.1) is 5.56 Å². The predicted octanol–water partition coefficient (Wildman–Crippen LogP) is 0.903. The number of carboxylic acid groups (broad SMARTS) is 1. The number of aromatic carboxylic acids is 1. The molecule has 0 fully saturated rings. The fraction of sp³-hybridized carbons (Fsp3) is 0.250. The number of rotatable bonds is 1. The minimum absolute atomic E-state index is 0.189. The van der Waals surface area contributed by atoms with Gasteiger partial charge in [-0.15, -0.1) is 0 Å². The van der Waals surface area contributed by atoms with Crippen molar-refractivity contribution in [3.05, 3.63) is 23.0 Å². The van der Waals surface area contributed by atoms with E-state index < -0.39 is 5.97 Å². The van der Waals surface area contributed by atoms with Gasteiger partial charge in [-0.1, -0.05) is 0 Å². The maximum Gasteiger partial charge on any atom is 0.337 e. The van der Waals surface area contributed by atoms with Gasteiger partial charge in [0, 0.05) is 12.7 Å². The number of carbonyl (C=O) groups is 1. The molecule has 0 saturated carbocycles. The van der Waals surface area contributed by atoms with Crippen LogP contribution in [0.15, 0.2) is 6.07 Å². The van der Waals surface area contributed by atoms with Gasteiger partial charge >= 0.3 is 5.97 Å². The van der Waals surface area contributed by atoms with Crippen LogP contribution in [-0.2, 0) is 7.05 Å². The van der Waals surface area contributed by atoms with Crippen molar-refractivity contribution < 1.29 is 9.90 Å². The number of carboxylic acids is 1. The number of nitrogens with zero attached hydrogens (tertiary/aromatic N) is 2. The smallest absolute Gasteiger partial charge is 0.337 e. The van der Waals surface area contributed by atoms with Gasteiger partial charge in [-0.3, -0.25) is 0 Å². The lowest BCUT2D eigenvalue weighted by Crippen LogP contribution is -1.99. The molecule has 1 rings (SSSR count). The van der Waals surface area contributed by atoms with Crippen molar-refractivity contribution in [2.24, 2.45) is 7.05 Å². The summed E-state index contributed by atoms with van der Waals surface area (Å²) >= 11 is 0. The third-order valence-corrected chi connectivity index (χ3v) is 1.88. The molecule has 1 N–H and O–H groups in total. The number of aromatic nitrogens is 1. The molecule has 0 aromatic carbocycles. The van der Waals surface area contributed by atoms with Crippen LogP contribution < -0.4 is 0 Å². The van der Waals surface area contributed by atoms with E-state index in [0.717, 1.165) is 0 Å². The van der Waals surface area contributed by atoms with E-state index in [1.165, 1.54) is 6.07 Å². The van der Waals surface area contributed by atoms with Gasteiger partial charge in [0.2, 0.25) is 0 Å². The van der Waals surface area contributed by atoms with Gasteiger partial charge in [-0.25, -0.2) is 4.79 Å². The molecule has 4 nitrogen and oxygen atoms in total. The van der Waals surface area contributed by atoms with Crippen molar-refractivity contribution in [1.29, 1.82) is 5.26 Å². The second-order valence-corrected chi connectivity index (χ2v) is 2.50. The zero-order valence-electron chi connectivity index (χ0n) is 6.83. The summed E-state index contributed by atoms with van der Waals surface area (Å²) in [6.45, 7) is 1.67. The monoisotopic (exact) mass is 164 g/mol. The van der Waals surface area contributed by atoms with Crippen molar-refractivity contribution in [3.8, 4) is 6.07 Å². The first-order valence-electron chi connectivity index (χ1n) is 3.37. The normalized spacial score (nSPS) is 9.42. The van der Waals surface area contributed by atoms with Crippen molar-refractivity contribution in [3.63, 3.8) is 0 Å². The van der Waals surface area contributed by atoms with Crippen LogP contribution in [0.4, 0.5) is 0 Å². The van der Waals surface area contributed by atoms with E-state index in [9.17, 15) is 4.79 Å². The van der Waals surface area contributed by atoms with E-state index in [1.54, 1.807) is 18.5 Å². The fourth-order valence-corrected chi connectivity index (χ4v) is 1.02. The zero-order chi connectivity index (χ0) is 9.30. The third kappa shape index (κ3) is 1.05. The Morgan fingerprint density at radius 3 is 2.58 bits per heavy atom. The molecule has 0 saturated heterocycles. The summed E-state index contributed by atoms with van der Waals surface area (Å²) < 4.78 is 1.56. The van der Waals surface area contributed by atoms with Crippen LogP contribution in [-0.4, -0.2) is 15.6 Å². The summed E-state index contributed by atoms with van der Waals surface area (Å²) in [5.74, 6) is -0.996. The Morgan fingerprint density at radius 1 is 1.75 bits per heavy atom. The molecule has 12 heavy (non-hydrogen) atoms. The summed E-state index contributed by atoms with van der Waals surface area (Å²) in [6.07, 6.45) is 0. The Hall–Kier alpha value is -1.76. The number of hydrogen-bond acceptors (Lipinski definition) is 2. The summed E-state index contributed by atoms with van der Waals surface area (Å²) in [5.41, 5.74) is 1.15. The molecule has 0 aliphatic heterocycles. The Morgan fingerprint density at radius 2 is 2.33 bits per heavy atom. The molecule has 0 aliphatic rings. The van der Waals surface area contributed by atoms with Crippen LogP contribution >= 0.6 is 0 Å². The highest BCUT2D eigenvalue weighted by Crippen LogP contribution is 2.12. The van der Waals surface area contributed by atoms with Crippen LogP contribution in [0.3, 0.4) is 0 Å². The van der Waals surface area contributed by atoms with Crippen LogP contribution in [0.25, 0.3) is 0 Å². The summed E-state index contributed by atoms with van der Waals surface area (Å²) in [7, 11) is 1.67. The van der Waals surface area contributed by atoms with Crippen LogP contribution in [0.2, 0.25) is 0 Å². The average Bonchev–Trinajstić information content (AvgIpc) is 2.30. The topological polar surface area (TPSA) is 66.0 Å². The lowest BCUT2D eigenvalue weighted by atomic mass is 10.2. The summed E-state index contributed by atoms with van der Waals surface area (Å²) in [4.78, 5) is 10.6. The van der Waals surface area contributed by atoms with Crippen LogP contribution in [0.5, 0.6) is 0 Å². The minimum atomic E-state index is -0.996. The standard InChI is InChI=1S/C8H8N2O2/c1-5-7(8(11)12)3-6(4-9)10(5)2/h3H,1-2H3,(H,11,12). The predicted molar refractivity (Wildman–Crippen MR) is 41.8 cm³/mol. The molecule has 0 bridgehead atoms. The van der Waals surface area contributed by atoms with E-state index >= 15 is 0 Å². The molecule has 4 heteroatoms. The van der Waals surface area contributed by atoms with Crippen LogP contribution in [0, 0.1) is 18.3 Å². The van der Waals surface area contributed by atoms with Gasteiger partial charge in [-0.05, 0) is 13.0 Å². The molecule has 62 valence electrons. The minimum Gasteiger partial charge on any atom is -0.478 e. The Balaban J connectivity index is 3.37. The first-order chi connectivity index (χ1) is 5.57. The molecule has 0 aliphatic carbocycles. The zero-order valence-corrected chi connectivity index (χ0v) is 6.83. The quantitative estimate of drug-likeness (QED) is 0.670. The first kappa shape index (κ1) is 8.34. The molecule has 1 heterocycles. The fourth-order valence-electron chi connectivity index (χ4n) is 1.02. The van der Waals surface area contributed by atoms with Gasteiger partial charge < -0.3 is 9.67 Å². The lowest BCUT2D eigenvalue weighted by molar-refractivity contribution is 0.0696. The average molecular weight is 164 g/mol. The highest BCUT2D eigenvalue weighted by molar-refractivity contribution is 5.89. The second-order valence-electron chi connectivity index (χ2n) is 2.50. The molecule has 0 atom stereocenters. The summed E-state index contributed by atoms with van der Waals surface area (Å²) in [5, 5.41) is 17.3. The molecule has 0 unspecified atom stereocenters. The van der Waals surface area contributed by atoms with Crippen LogP contribution in [0.1, 0.15) is 21.7 Å². The molecule has 0 radical (unpaired) electrons. The van der Waals surface area contributed by atoms with Gasteiger partial charge in [0.1, 0.15) is 11.8 Å². The molecular weight excluding hydrogens is 156 g/mol. The van der Waals surface area contributed by atoms with Gasteiger partial charge in [0.15, 0.2) is 0 Å². The summed E-state index contributed by atoms with van der Waals surface area (Å²) in [6, 6.07) is 3.28. The molecule has 0 spiro atoms. The number of nitriles is 1. The number of hydrogen-bond donors (Lipinski definition) is 1. The molecule has 1 aromatic rings. The lowest BCUT2D eigenvalue weighted by Gasteiger charge is -1.96. The van der Waals surface area contributed by atoms with Crippen molar-refractivity contribution in [2.45, 2.75) is 6.92 Å². The van der Waals surface area contributed by atoms with E-state index in [0.29, 0.717) is 11.4 Å². The van der Waals surface area contributed by atoms with E-state index in [4.69, 9.17) is 10.4 Å². The van der Waals surface area contributed by atoms with Crippen molar-refractivity contribution in [2.75, 3.05) is 0 Å². The van der Waals surface area contributed by atoms with E-state index in [-0.39, 0.29) is 5.56 Å².